The van der Waals surface area contributed by atoms with E-state index in [4.69, 9.17) is 19.3 Å². The first-order valence-electron chi connectivity index (χ1n) is 6.51. The molecule has 0 amide bonds. The predicted octanol–water partition coefficient (Wildman–Crippen LogP) is 1.19. The average Bonchev–Trinajstić information content (AvgIpc) is 2.43. The Labute approximate surface area is 114 Å². The lowest BCUT2D eigenvalue weighted by Gasteiger charge is -2.14. The second kappa shape index (κ2) is 9.61. The van der Waals surface area contributed by atoms with Crippen molar-refractivity contribution in [2.75, 3.05) is 40.1 Å². The molecule has 0 heterocycles. The molecule has 19 heavy (non-hydrogen) atoms. The van der Waals surface area contributed by atoms with Crippen LogP contribution in [0.15, 0.2) is 18.2 Å². The van der Waals surface area contributed by atoms with Crippen LogP contribution in [0.5, 0.6) is 11.5 Å². The summed E-state index contributed by atoms with van der Waals surface area (Å²) >= 11 is 0. The molecule has 1 rings (SSSR count). The standard InChI is InChI=1S/C14H23NO4/c1-3-19-13-6-4-5-12(14(13)17-2)11-15-7-9-18-10-8-16/h4-6,15-16H,3,7-11H2,1-2H3. The van der Waals surface area contributed by atoms with E-state index in [9.17, 15) is 0 Å². The zero-order valence-corrected chi connectivity index (χ0v) is 11.6. The van der Waals surface area contributed by atoms with E-state index in [0.717, 1.165) is 23.6 Å². The van der Waals surface area contributed by atoms with Gasteiger partial charge in [0.05, 0.1) is 33.5 Å². The molecule has 0 aromatic heterocycles. The van der Waals surface area contributed by atoms with Crippen LogP contribution in [-0.2, 0) is 11.3 Å². The van der Waals surface area contributed by atoms with Crippen LogP contribution in [0.25, 0.3) is 0 Å². The molecule has 0 aliphatic rings. The van der Waals surface area contributed by atoms with Crippen molar-refractivity contribution in [3.05, 3.63) is 23.8 Å². The molecular formula is C14H23NO4. The highest BCUT2D eigenvalue weighted by molar-refractivity contribution is 5.46. The quantitative estimate of drug-likeness (QED) is 0.625. The Morgan fingerprint density at radius 1 is 1.26 bits per heavy atom. The first-order chi connectivity index (χ1) is 9.33. The van der Waals surface area contributed by atoms with Crippen LogP contribution in [-0.4, -0.2) is 45.2 Å². The number of hydrogen-bond acceptors (Lipinski definition) is 5. The van der Waals surface area contributed by atoms with Crippen LogP contribution in [0.4, 0.5) is 0 Å². The normalized spacial score (nSPS) is 10.5. The Balaban J connectivity index is 2.46. The Hall–Kier alpha value is -1.30. The molecule has 108 valence electrons. The fourth-order valence-electron chi connectivity index (χ4n) is 1.74. The molecule has 1 aromatic rings. The predicted molar refractivity (Wildman–Crippen MR) is 73.8 cm³/mol. The Kier molecular flexibility index (Phi) is 7.97. The number of aliphatic hydroxyl groups is 1. The van der Waals surface area contributed by atoms with Crippen molar-refractivity contribution >= 4 is 0 Å². The third-order valence-electron chi connectivity index (χ3n) is 2.54. The number of nitrogens with one attached hydrogen (secondary N) is 1. The lowest BCUT2D eigenvalue weighted by Crippen LogP contribution is -2.20. The van der Waals surface area contributed by atoms with Crippen LogP contribution in [0.1, 0.15) is 12.5 Å². The van der Waals surface area contributed by atoms with Gasteiger partial charge in [0.2, 0.25) is 0 Å². The molecule has 1 aromatic carbocycles. The maximum absolute atomic E-state index is 8.57. The molecule has 0 atom stereocenters. The second-order valence-electron chi connectivity index (χ2n) is 3.89. The summed E-state index contributed by atoms with van der Waals surface area (Å²) in [5.41, 5.74) is 1.05. The lowest BCUT2D eigenvalue weighted by atomic mass is 10.2. The maximum atomic E-state index is 8.57. The third-order valence-corrected chi connectivity index (χ3v) is 2.54. The lowest BCUT2D eigenvalue weighted by molar-refractivity contribution is 0.0937. The van der Waals surface area contributed by atoms with E-state index >= 15 is 0 Å². The van der Waals surface area contributed by atoms with Gasteiger partial charge in [-0.3, -0.25) is 0 Å². The van der Waals surface area contributed by atoms with Gasteiger partial charge < -0.3 is 24.6 Å². The monoisotopic (exact) mass is 269 g/mol. The molecule has 0 saturated heterocycles. The van der Waals surface area contributed by atoms with E-state index in [1.807, 2.05) is 25.1 Å². The molecule has 5 nitrogen and oxygen atoms in total. The fraction of sp³-hybridized carbons (Fsp3) is 0.571. The average molecular weight is 269 g/mol. The van der Waals surface area contributed by atoms with Gasteiger partial charge in [-0.1, -0.05) is 12.1 Å². The van der Waals surface area contributed by atoms with Crippen LogP contribution in [0.2, 0.25) is 0 Å². The van der Waals surface area contributed by atoms with Crippen molar-refractivity contribution in [1.82, 2.24) is 5.32 Å². The third kappa shape index (κ3) is 5.46. The Bertz CT molecular complexity index is 357. The topological polar surface area (TPSA) is 60.0 Å². The van der Waals surface area contributed by atoms with E-state index in [2.05, 4.69) is 5.32 Å². The highest BCUT2D eigenvalue weighted by Crippen LogP contribution is 2.30. The van der Waals surface area contributed by atoms with Crippen LogP contribution in [0.3, 0.4) is 0 Å². The molecule has 0 saturated carbocycles. The molecule has 0 aliphatic carbocycles. The molecule has 0 spiro atoms. The largest absolute Gasteiger partial charge is 0.493 e. The summed E-state index contributed by atoms with van der Waals surface area (Å²) in [6.45, 7) is 4.99. The number of aliphatic hydroxyl groups excluding tert-OH is 1. The Morgan fingerprint density at radius 2 is 2.11 bits per heavy atom. The number of rotatable bonds is 10. The maximum Gasteiger partial charge on any atom is 0.165 e. The minimum atomic E-state index is 0.0597. The zero-order valence-electron chi connectivity index (χ0n) is 11.6. The molecule has 0 fully saturated rings. The molecule has 0 unspecified atom stereocenters. The first kappa shape index (κ1) is 15.8. The summed E-state index contributed by atoms with van der Waals surface area (Å²) < 4.78 is 16.1. The van der Waals surface area contributed by atoms with Crippen molar-refractivity contribution in [2.24, 2.45) is 0 Å². The van der Waals surface area contributed by atoms with Crippen LogP contribution >= 0.6 is 0 Å². The van der Waals surface area contributed by atoms with Crippen LogP contribution < -0.4 is 14.8 Å². The second-order valence-corrected chi connectivity index (χ2v) is 3.89. The van der Waals surface area contributed by atoms with E-state index in [0.29, 0.717) is 26.4 Å². The summed E-state index contributed by atoms with van der Waals surface area (Å²) in [6, 6.07) is 5.85. The molecule has 0 radical (unpaired) electrons. The van der Waals surface area contributed by atoms with E-state index < -0.39 is 0 Å². The van der Waals surface area contributed by atoms with Gasteiger partial charge in [0, 0.05) is 18.7 Å². The van der Waals surface area contributed by atoms with Crippen molar-refractivity contribution in [2.45, 2.75) is 13.5 Å². The zero-order chi connectivity index (χ0) is 13.9. The van der Waals surface area contributed by atoms with Crippen molar-refractivity contribution in [3.63, 3.8) is 0 Å². The van der Waals surface area contributed by atoms with Gasteiger partial charge in [-0.2, -0.15) is 0 Å². The minimum Gasteiger partial charge on any atom is -0.493 e. The van der Waals surface area contributed by atoms with Gasteiger partial charge in [0.25, 0.3) is 0 Å². The molecule has 0 aliphatic heterocycles. The number of ether oxygens (including phenoxy) is 3. The summed E-state index contributed by atoms with van der Waals surface area (Å²) in [7, 11) is 1.64. The molecule has 0 bridgehead atoms. The van der Waals surface area contributed by atoms with Gasteiger partial charge in [0.15, 0.2) is 11.5 Å². The SMILES string of the molecule is CCOc1cccc(CNCCOCCO)c1OC. The van der Waals surface area contributed by atoms with Gasteiger partial charge in [-0.15, -0.1) is 0 Å². The minimum absolute atomic E-state index is 0.0597. The number of para-hydroxylation sites is 1. The fourth-order valence-corrected chi connectivity index (χ4v) is 1.74. The van der Waals surface area contributed by atoms with Gasteiger partial charge in [-0.25, -0.2) is 0 Å². The van der Waals surface area contributed by atoms with E-state index in [1.54, 1.807) is 7.11 Å². The van der Waals surface area contributed by atoms with Crippen molar-refractivity contribution in [3.8, 4) is 11.5 Å². The number of hydrogen-bond donors (Lipinski definition) is 2. The van der Waals surface area contributed by atoms with E-state index in [1.165, 1.54) is 0 Å². The van der Waals surface area contributed by atoms with E-state index in [-0.39, 0.29) is 6.61 Å². The Morgan fingerprint density at radius 3 is 2.79 bits per heavy atom. The molecular weight excluding hydrogens is 246 g/mol. The number of methoxy groups -OCH3 is 1. The van der Waals surface area contributed by atoms with Crippen molar-refractivity contribution < 1.29 is 19.3 Å². The summed E-state index contributed by atoms with van der Waals surface area (Å²) in [5, 5.41) is 11.8. The first-order valence-corrected chi connectivity index (χ1v) is 6.51. The summed E-state index contributed by atoms with van der Waals surface area (Å²) in [4.78, 5) is 0. The summed E-state index contributed by atoms with van der Waals surface area (Å²) in [5.74, 6) is 1.54. The van der Waals surface area contributed by atoms with Crippen molar-refractivity contribution in [1.29, 1.82) is 0 Å². The smallest absolute Gasteiger partial charge is 0.165 e. The number of benzene rings is 1. The van der Waals surface area contributed by atoms with Gasteiger partial charge >= 0.3 is 0 Å². The summed E-state index contributed by atoms with van der Waals surface area (Å²) in [6.07, 6.45) is 0. The highest BCUT2D eigenvalue weighted by Gasteiger charge is 2.09. The van der Waals surface area contributed by atoms with Gasteiger partial charge in [0.1, 0.15) is 0 Å². The molecule has 5 heteroatoms. The van der Waals surface area contributed by atoms with Crippen LogP contribution in [0, 0.1) is 0 Å². The molecule has 2 N–H and O–H groups in total. The van der Waals surface area contributed by atoms with Gasteiger partial charge in [-0.05, 0) is 13.0 Å². The highest BCUT2D eigenvalue weighted by atomic mass is 16.5.